The largest absolute Gasteiger partial charge is 0.333 e. The fraction of sp³-hybridized carbons (Fsp3) is 0.571. The molecule has 7 nitrogen and oxygen atoms in total. The molecule has 0 saturated heterocycles. The summed E-state index contributed by atoms with van der Waals surface area (Å²) in [5.74, 6) is -3.00. The summed E-state index contributed by atoms with van der Waals surface area (Å²) in [5.41, 5.74) is 5.82. The lowest BCUT2D eigenvalue weighted by Crippen LogP contribution is -2.53. The zero-order valence-corrected chi connectivity index (χ0v) is 17.6. The minimum absolute atomic E-state index is 0.128. The number of hydrogen-bond acceptors (Lipinski definition) is 6. The third-order valence-electron chi connectivity index (χ3n) is 5.32. The van der Waals surface area contributed by atoms with Crippen molar-refractivity contribution in [2.24, 2.45) is 11.7 Å². The highest BCUT2D eigenvalue weighted by atomic mass is 32.2. The number of ketones is 2. The van der Waals surface area contributed by atoms with Gasteiger partial charge in [-0.05, 0) is 31.4 Å². The number of nitrogens with two attached hydrogens (primary N) is 1. The maximum Gasteiger partial charge on any atom is 0.238 e. The van der Waals surface area contributed by atoms with Crippen LogP contribution in [-0.4, -0.2) is 37.3 Å². The van der Waals surface area contributed by atoms with Crippen LogP contribution in [0, 0.1) is 5.92 Å². The van der Waals surface area contributed by atoms with Crippen molar-refractivity contribution in [2.75, 3.05) is 0 Å². The number of amides is 1. The van der Waals surface area contributed by atoms with Gasteiger partial charge < -0.3 is 11.1 Å². The number of Topliss-reactive ketones (excluding diaryl/α,β-unsaturated/α-hetero) is 2. The number of hydrogen-bond donors (Lipinski definition) is 2. The van der Waals surface area contributed by atoms with E-state index in [9.17, 15) is 22.8 Å². The van der Waals surface area contributed by atoms with E-state index < -0.39 is 38.7 Å². The SMILES string of the molecule is CCCC[C@H](N)C(=O)C(=O)C(NC(=O)C1CCCCC1)S(=O)(=O)c1ccccc1. The molecule has 1 aromatic rings. The molecule has 1 amide bonds. The summed E-state index contributed by atoms with van der Waals surface area (Å²) >= 11 is 0. The summed E-state index contributed by atoms with van der Waals surface area (Å²) in [7, 11) is -4.29. The van der Waals surface area contributed by atoms with Gasteiger partial charge in [-0.3, -0.25) is 14.4 Å². The van der Waals surface area contributed by atoms with Gasteiger partial charge in [0.2, 0.25) is 32.7 Å². The highest BCUT2D eigenvalue weighted by Crippen LogP contribution is 2.25. The molecule has 0 heterocycles. The third kappa shape index (κ3) is 5.96. The number of benzene rings is 1. The lowest BCUT2D eigenvalue weighted by atomic mass is 9.88. The Balaban J connectivity index is 2.30. The second-order valence-electron chi connectivity index (χ2n) is 7.56. The standard InChI is InChI=1S/C21H30N2O5S/c1-2-3-14-17(22)18(24)19(25)21(23-20(26)15-10-6-4-7-11-15)29(27,28)16-12-8-5-9-13-16/h5,8-9,12-13,15,17,21H,2-4,6-7,10-11,14,22H2,1H3,(H,23,26)/t17-,21?/m0/s1. The van der Waals surface area contributed by atoms with Gasteiger partial charge in [0.1, 0.15) is 0 Å². The first-order valence-corrected chi connectivity index (χ1v) is 11.8. The van der Waals surface area contributed by atoms with Crippen LogP contribution >= 0.6 is 0 Å². The Morgan fingerprint density at radius 3 is 2.28 bits per heavy atom. The topological polar surface area (TPSA) is 123 Å². The van der Waals surface area contributed by atoms with E-state index in [1.165, 1.54) is 24.3 Å². The molecule has 1 unspecified atom stereocenters. The maximum absolute atomic E-state index is 13.1. The second kappa shape index (κ2) is 10.6. The van der Waals surface area contributed by atoms with Gasteiger partial charge in [0.15, 0.2) is 0 Å². The molecule has 8 heteroatoms. The van der Waals surface area contributed by atoms with Gasteiger partial charge in [-0.25, -0.2) is 8.42 Å². The van der Waals surface area contributed by atoms with Crippen molar-refractivity contribution in [1.82, 2.24) is 5.32 Å². The zero-order valence-electron chi connectivity index (χ0n) is 16.8. The molecule has 0 spiro atoms. The van der Waals surface area contributed by atoms with E-state index in [0.29, 0.717) is 19.3 Å². The molecule has 0 radical (unpaired) electrons. The molecule has 1 aliphatic rings. The van der Waals surface area contributed by atoms with Crippen molar-refractivity contribution in [2.45, 2.75) is 74.6 Å². The molecule has 2 rings (SSSR count). The van der Waals surface area contributed by atoms with Crippen molar-refractivity contribution < 1.29 is 22.8 Å². The van der Waals surface area contributed by atoms with Gasteiger partial charge in [-0.1, -0.05) is 57.2 Å². The summed E-state index contributed by atoms with van der Waals surface area (Å²) in [6.45, 7) is 1.92. The predicted octanol–water partition coefficient (Wildman–Crippen LogP) is 2.14. The van der Waals surface area contributed by atoms with Crippen LogP contribution in [0.1, 0.15) is 58.3 Å². The first-order chi connectivity index (χ1) is 13.8. The lowest BCUT2D eigenvalue weighted by molar-refractivity contribution is -0.138. The van der Waals surface area contributed by atoms with Crippen LogP contribution in [0.2, 0.25) is 0 Å². The van der Waals surface area contributed by atoms with Crippen LogP contribution in [0.4, 0.5) is 0 Å². The van der Waals surface area contributed by atoms with Crippen LogP contribution in [0.5, 0.6) is 0 Å². The smallest absolute Gasteiger partial charge is 0.238 e. The molecule has 160 valence electrons. The molecule has 2 atom stereocenters. The number of sulfone groups is 1. The molecule has 0 bridgehead atoms. The number of carbonyl (C=O) groups is 3. The molecule has 1 fully saturated rings. The van der Waals surface area contributed by atoms with Gasteiger partial charge >= 0.3 is 0 Å². The summed E-state index contributed by atoms with van der Waals surface area (Å²) in [6, 6.07) is 6.27. The quantitative estimate of drug-likeness (QED) is 0.557. The third-order valence-corrected chi connectivity index (χ3v) is 7.20. The van der Waals surface area contributed by atoms with E-state index in [-0.39, 0.29) is 17.2 Å². The average Bonchev–Trinajstić information content (AvgIpc) is 2.75. The highest BCUT2D eigenvalue weighted by Gasteiger charge is 2.41. The molecule has 29 heavy (non-hydrogen) atoms. The molecule has 3 N–H and O–H groups in total. The zero-order chi connectivity index (χ0) is 21.4. The Labute approximate surface area is 172 Å². The fourth-order valence-electron chi connectivity index (χ4n) is 3.51. The van der Waals surface area contributed by atoms with Crippen molar-refractivity contribution >= 4 is 27.3 Å². The summed E-state index contributed by atoms with van der Waals surface area (Å²) in [5, 5.41) is 0.406. The number of nitrogens with one attached hydrogen (secondary N) is 1. The summed E-state index contributed by atoms with van der Waals surface area (Å²) < 4.78 is 26.2. The highest BCUT2D eigenvalue weighted by molar-refractivity contribution is 7.93. The van der Waals surface area contributed by atoms with Gasteiger partial charge in [0.25, 0.3) is 0 Å². The predicted molar refractivity (Wildman–Crippen MR) is 110 cm³/mol. The Morgan fingerprint density at radius 2 is 1.69 bits per heavy atom. The molecule has 1 aromatic carbocycles. The molecular formula is C21H30N2O5S. The molecule has 0 aromatic heterocycles. The van der Waals surface area contributed by atoms with Crippen LogP contribution < -0.4 is 11.1 Å². The van der Waals surface area contributed by atoms with E-state index >= 15 is 0 Å². The normalized spacial score (nSPS) is 17.3. The van der Waals surface area contributed by atoms with Gasteiger partial charge in [-0.15, -0.1) is 0 Å². The Hall–Kier alpha value is -2.06. The monoisotopic (exact) mass is 422 g/mol. The molecule has 1 aliphatic carbocycles. The Morgan fingerprint density at radius 1 is 1.07 bits per heavy atom. The van der Waals surface area contributed by atoms with Crippen molar-refractivity contribution in [3.63, 3.8) is 0 Å². The van der Waals surface area contributed by atoms with E-state index in [0.717, 1.165) is 25.7 Å². The molecular weight excluding hydrogens is 392 g/mol. The van der Waals surface area contributed by atoms with Crippen LogP contribution in [0.15, 0.2) is 35.2 Å². The van der Waals surface area contributed by atoms with Crippen molar-refractivity contribution in [3.05, 3.63) is 30.3 Å². The van der Waals surface area contributed by atoms with Gasteiger partial charge in [0.05, 0.1) is 10.9 Å². The number of unbranched alkanes of at least 4 members (excludes halogenated alkanes) is 1. The lowest BCUT2D eigenvalue weighted by Gasteiger charge is -2.24. The fourth-order valence-corrected chi connectivity index (χ4v) is 4.99. The summed E-state index contributed by atoms with van der Waals surface area (Å²) in [4.78, 5) is 38.0. The minimum atomic E-state index is -4.29. The number of carbonyl (C=O) groups excluding carboxylic acids is 3. The van der Waals surface area contributed by atoms with E-state index in [4.69, 9.17) is 5.73 Å². The van der Waals surface area contributed by atoms with E-state index in [1.807, 2.05) is 6.92 Å². The first kappa shape index (κ1) is 23.2. The first-order valence-electron chi connectivity index (χ1n) is 10.2. The van der Waals surface area contributed by atoms with E-state index in [1.54, 1.807) is 6.07 Å². The van der Waals surface area contributed by atoms with Crippen molar-refractivity contribution in [3.8, 4) is 0 Å². The van der Waals surface area contributed by atoms with Crippen LogP contribution in [-0.2, 0) is 24.2 Å². The summed E-state index contributed by atoms with van der Waals surface area (Å²) in [6.07, 6.45) is 5.79. The molecule has 0 aliphatic heterocycles. The van der Waals surface area contributed by atoms with Crippen LogP contribution in [0.3, 0.4) is 0 Å². The Bertz CT molecular complexity index is 817. The minimum Gasteiger partial charge on any atom is -0.333 e. The van der Waals surface area contributed by atoms with Crippen molar-refractivity contribution in [1.29, 1.82) is 0 Å². The maximum atomic E-state index is 13.1. The van der Waals surface area contributed by atoms with Gasteiger partial charge in [0, 0.05) is 5.92 Å². The Kier molecular flexibility index (Phi) is 8.52. The average molecular weight is 423 g/mol. The van der Waals surface area contributed by atoms with Gasteiger partial charge in [-0.2, -0.15) is 0 Å². The number of rotatable bonds is 10. The van der Waals surface area contributed by atoms with Crippen LogP contribution in [0.25, 0.3) is 0 Å². The van der Waals surface area contributed by atoms with E-state index in [2.05, 4.69) is 5.32 Å². The second-order valence-corrected chi connectivity index (χ2v) is 9.59. The molecule has 1 saturated carbocycles.